The SMILES string of the molecule is Cn1cc(C(=O)NC2CCCCCC2)c2ccccc21. The van der Waals surface area contributed by atoms with Gasteiger partial charge in [0.25, 0.3) is 5.91 Å². The second-order valence-corrected chi connectivity index (χ2v) is 5.83. The number of hydrogen-bond acceptors (Lipinski definition) is 1. The predicted octanol–water partition coefficient (Wildman–Crippen LogP) is 3.63. The molecule has 0 atom stereocenters. The van der Waals surface area contributed by atoms with E-state index in [9.17, 15) is 4.79 Å². The van der Waals surface area contributed by atoms with Crippen LogP contribution in [0.2, 0.25) is 0 Å². The highest BCUT2D eigenvalue weighted by Gasteiger charge is 2.18. The van der Waals surface area contributed by atoms with Crippen molar-refractivity contribution in [2.45, 2.75) is 44.6 Å². The van der Waals surface area contributed by atoms with E-state index in [2.05, 4.69) is 11.4 Å². The Bertz CT molecular complexity index is 606. The Morgan fingerprint density at radius 2 is 1.85 bits per heavy atom. The van der Waals surface area contributed by atoms with Crippen molar-refractivity contribution >= 4 is 16.8 Å². The van der Waals surface area contributed by atoms with Gasteiger partial charge in [-0.2, -0.15) is 0 Å². The summed E-state index contributed by atoms with van der Waals surface area (Å²) in [6, 6.07) is 8.43. The van der Waals surface area contributed by atoms with E-state index in [1.54, 1.807) is 0 Å². The largest absolute Gasteiger partial charge is 0.350 e. The lowest BCUT2D eigenvalue weighted by molar-refractivity contribution is 0.0935. The number of carbonyl (C=O) groups is 1. The van der Waals surface area contributed by atoms with Crippen LogP contribution in [0, 0.1) is 0 Å². The van der Waals surface area contributed by atoms with Crippen molar-refractivity contribution in [1.82, 2.24) is 9.88 Å². The predicted molar refractivity (Wildman–Crippen MR) is 81.9 cm³/mol. The Kier molecular flexibility index (Phi) is 3.77. The molecule has 1 heterocycles. The van der Waals surface area contributed by atoms with Crippen molar-refractivity contribution in [2.75, 3.05) is 0 Å². The summed E-state index contributed by atoms with van der Waals surface area (Å²) in [4.78, 5) is 12.5. The summed E-state index contributed by atoms with van der Waals surface area (Å²) < 4.78 is 2.03. The number of hydrogen-bond donors (Lipinski definition) is 1. The summed E-state index contributed by atoms with van der Waals surface area (Å²) in [6.07, 6.45) is 9.27. The molecule has 3 heteroatoms. The lowest BCUT2D eigenvalue weighted by atomic mass is 10.1. The molecule has 1 fully saturated rings. The normalized spacial score (nSPS) is 17.1. The second-order valence-electron chi connectivity index (χ2n) is 5.83. The van der Waals surface area contributed by atoms with Gasteiger partial charge in [-0.25, -0.2) is 0 Å². The van der Waals surface area contributed by atoms with Crippen LogP contribution >= 0.6 is 0 Å². The molecule has 0 saturated heterocycles. The number of aryl methyl sites for hydroxylation is 1. The third kappa shape index (κ3) is 2.58. The van der Waals surface area contributed by atoms with Crippen molar-refractivity contribution in [2.24, 2.45) is 7.05 Å². The van der Waals surface area contributed by atoms with E-state index in [0.717, 1.165) is 29.3 Å². The standard InChI is InChI=1S/C17H22N2O/c1-19-12-15(14-10-6-7-11-16(14)19)17(20)18-13-8-4-2-3-5-9-13/h6-7,10-13H,2-5,8-9H2,1H3,(H,18,20). The van der Waals surface area contributed by atoms with Crippen LogP contribution in [0.5, 0.6) is 0 Å². The molecule has 0 radical (unpaired) electrons. The lowest BCUT2D eigenvalue weighted by Crippen LogP contribution is -2.34. The van der Waals surface area contributed by atoms with Gasteiger partial charge in [0.15, 0.2) is 0 Å². The van der Waals surface area contributed by atoms with Gasteiger partial charge >= 0.3 is 0 Å². The molecule has 1 aliphatic rings. The van der Waals surface area contributed by atoms with E-state index in [-0.39, 0.29) is 5.91 Å². The molecular formula is C17H22N2O. The van der Waals surface area contributed by atoms with Crippen molar-refractivity contribution < 1.29 is 4.79 Å². The van der Waals surface area contributed by atoms with Gasteiger partial charge in [-0.3, -0.25) is 4.79 Å². The number of benzene rings is 1. The van der Waals surface area contributed by atoms with Crippen LogP contribution in [-0.4, -0.2) is 16.5 Å². The van der Waals surface area contributed by atoms with Crippen LogP contribution in [-0.2, 0) is 7.05 Å². The maximum absolute atomic E-state index is 12.5. The van der Waals surface area contributed by atoms with Gasteiger partial charge in [-0.05, 0) is 18.9 Å². The number of fused-ring (bicyclic) bond motifs is 1. The molecule has 1 aliphatic carbocycles. The molecule has 1 aromatic carbocycles. The number of para-hydroxylation sites is 1. The molecule has 1 N–H and O–H groups in total. The fraction of sp³-hybridized carbons (Fsp3) is 0.471. The van der Waals surface area contributed by atoms with E-state index in [1.807, 2.05) is 36.0 Å². The Balaban J connectivity index is 1.81. The zero-order valence-electron chi connectivity index (χ0n) is 12.1. The Morgan fingerprint density at radius 1 is 1.15 bits per heavy atom. The third-order valence-corrected chi connectivity index (χ3v) is 4.33. The van der Waals surface area contributed by atoms with Gasteiger partial charge in [0.05, 0.1) is 5.56 Å². The van der Waals surface area contributed by atoms with E-state index >= 15 is 0 Å². The summed E-state index contributed by atoms with van der Waals surface area (Å²) in [5.74, 6) is 0.0775. The molecule has 0 aliphatic heterocycles. The number of amides is 1. The van der Waals surface area contributed by atoms with E-state index in [1.165, 1.54) is 25.7 Å². The maximum Gasteiger partial charge on any atom is 0.253 e. The average molecular weight is 270 g/mol. The van der Waals surface area contributed by atoms with Crippen LogP contribution < -0.4 is 5.32 Å². The number of nitrogens with zero attached hydrogens (tertiary/aromatic N) is 1. The van der Waals surface area contributed by atoms with Crippen LogP contribution in [0.15, 0.2) is 30.5 Å². The van der Waals surface area contributed by atoms with Crippen molar-refractivity contribution in [3.63, 3.8) is 0 Å². The first-order valence-electron chi connectivity index (χ1n) is 7.60. The van der Waals surface area contributed by atoms with E-state index in [0.29, 0.717) is 6.04 Å². The Hall–Kier alpha value is -1.77. The van der Waals surface area contributed by atoms with Gasteiger partial charge in [0, 0.05) is 30.2 Å². The molecule has 3 rings (SSSR count). The summed E-state index contributed by atoms with van der Waals surface area (Å²) in [7, 11) is 1.99. The number of aromatic nitrogens is 1. The molecule has 3 nitrogen and oxygen atoms in total. The monoisotopic (exact) mass is 270 g/mol. The van der Waals surface area contributed by atoms with Crippen molar-refractivity contribution in [1.29, 1.82) is 0 Å². The first-order valence-corrected chi connectivity index (χ1v) is 7.60. The van der Waals surface area contributed by atoms with Gasteiger partial charge < -0.3 is 9.88 Å². The van der Waals surface area contributed by atoms with Gasteiger partial charge in [-0.1, -0.05) is 43.9 Å². The summed E-state index contributed by atoms with van der Waals surface area (Å²) in [6.45, 7) is 0. The molecule has 0 unspecified atom stereocenters. The van der Waals surface area contributed by atoms with Crippen molar-refractivity contribution in [3.05, 3.63) is 36.0 Å². The molecule has 20 heavy (non-hydrogen) atoms. The van der Waals surface area contributed by atoms with E-state index < -0.39 is 0 Å². The highest BCUT2D eigenvalue weighted by atomic mass is 16.1. The molecule has 106 valence electrons. The van der Waals surface area contributed by atoms with Crippen LogP contribution in [0.1, 0.15) is 48.9 Å². The van der Waals surface area contributed by atoms with Gasteiger partial charge in [-0.15, -0.1) is 0 Å². The molecule has 0 bridgehead atoms. The van der Waals surface area contributed by atoms with Gasteiger partial charge in [0.1, 0.15) is 0 Å². The number of nitrogens with one attached hydrogen (secondary N) is 1. The molecule has 1 aromatic heterocycles. The molecule has 1 amide bonds. The maximum atomic E-state index is 12.5. The lowest BCUT2D eigenvalue weighted by Gasteiger charge is -2.15. The van der Waals surface area contributed by atoms with E-state index in [4.69, 9.17) is 0 Å². The fourth-order valence-corrected chi connectivity index (χ4v) is 3.21. The van der Waals surface area contributed by atoms with Crippen LogP contribution in [0.3, 0.4) is 0 Å². The van der Waals surface area contributed by atoms with Crippen molar-refractivity contribution in [3.8, 4) is 0 Å². The fourth-order valence-electron chi connectivity index (χ4n) is 3.21. The quantitative estimate of drug-likeness (QED) is 0.831. The van der Waals surface area contributed by atoms with Crippen LogP contribution in [0.4, 0.5) is 0 Å². The molecule has 0 spiro atoms. The zero-order valence-corrected chi connectivity index (χ0v) is 12.1. The Morgan fingerprint density at radius 3 is 2.60 bits per heavy atom. The van der Waals surface area contributed by atoms with Crippen LogP contribution in [0.25, 0.3) is 10.9 Å². The highest BCUT2D eigenvalue weighted by molar-refractivity contribution is 6.07. The summed E-state index contributed by atoms with van der Waals surface area (Å²) in [5, 5.41) is 4.27. The topological polar surface area (TPSA) is 34.0 Å². The smallest absolute Gasteiger partial charge is 0.253 e. The average Bonchev–Trinajstić information content (AvgIpc) is 2.64. The van der Waals surface area contributed by atoms with Gasteiger partial charge in [0.2, 0.25) is 0 Å². The second kappa shape index (κ2) is 5.70. The third-order valence-electron chi connectivity index (χ3n) is 4.33. The molecule has 2 aromatic rings. The zero-order chi connectivity index (χ0) is 13.9. The first-order chi connectivity index (χ1) is 9.75. The number of carbonyl (C=O) groups excluding carboxylic acids is 1. The minimum atomic E-state index is 0.0775. The minimum absolute atomic E-state index is 0.0775. The highest BCUT2D eigenvalue weighted by Crippen LogP contribution is 2.22. The number of rotatable bonds is 2. The molecular weight excluding hydrogens is 248 g/mol. The first kappa shape index (κ1) is 13.2. The molecule has 1 saturated carbocycles. The summed E-state index contributed by atoms with van der Waals surface area (Å²) >= 11 is 0. The Labute approximate surface area is 120 Å². The summed E-state index contributed by atoms with van der Waals surface area (Å²) in [5.41, 5.74) is 1.91. The minimum Gasteiger partial charge on any atom is -0.350 e.